The quantitative estimate of drug-likeness (QED) is 0.731. The lowest BCUT2D eigenvalue weighted by Crippen LogP contribution is -2.15. The van der Waals surface area contributed by atoms with E-state index in [-0.39, 0.29) is 0 Å². The Hall–Kier alpha value is -0.600. The van der Waals surface area contributed by atoms with Gasteiger partial charge in [0.1, 0.15) is 13.2 Å². The second kappa shape index (κ2) is 4.28. The molecule has 1 aromatic carbocycles. The first-order valence-corrected chi connectivity index (χ1v) is 5.45. The molecule has 0 bridgehead atoms. The summed E-state index contributed by atoms with van der Waals surface area (Å²) < 4.78 is 10.9. The fourth-order valence-corrected chi connectivity index (χ4v) is 1.92. The minimum atomic E-state index is 0.443. The van der Waals surface area contributed by atoms with E-state index in [0.717, 1.165) is 22.6 Å². The molecule has 76 valence electrons. The van der Waals surface area contributed by atoms with Crippen LogP contribution in [0.15, 0.2) is 12.1 Å². The summed E-state index contributed by atoms with van der Waals surface area (Å²) in [6, 6.07) is 3.80. The average Bonchev–Trinajstić information content (AvgIpc) is 2.27. The first-order chi connectivity index (χ1) is 6.85. The third-order valence-electron chi connectivity index (χ3n) is 2.15. The Balaban J connectivity index is 2.43. The highest BCUT2D eigenvalue weighted by Gasteiger charge is 2.14. The van der Waals surface area contributed by atoms with Crippen molar-refractivity contribution in [3.05, 3.63) is 23.3 Å². The van der Waals surface area contributed by atoms with Crippen LogP contribution in [0, 0.1) is 0 Å². The summed E-state index contributed by atoms with van der Waals surface area (Å²) in [5, 5.41) is 0. The molecule has 0 unspecified atom stereocenters. The molecule has 0 aliphatic carbocycles. The summed E-state index contributed by atoms with van der Waals surface area (Å²) >= 11 is 11.6. The van der Waals surface area contributed by atoms with Crippen LogP contribution in [0.4, 0.5) is 0 Å². The van der Waals surface area contributed by atoms with Gasteiger partial charge in [0.2, 0.25) is 0 Å². The summed E-state index contributed by atoms with van der Waals surface area (Å²) in [5.74, 6) is 2.42. The minimum Gasteiger partial charge on any atom is -0.486 e. The Morgan fingerprint density at radius 1 is 0.929 bits per heavy atom. The molecule has 1 heterocycles. The molecular formula is C10H10Cl2O2. The van der Waals surface area contributed by atoms with Crippen LogP contribution in [0.3, 0.4) is 0 Å². The minimum absolute atomic E-state index is 0.443. The zero-order chi connectivity index (χ0) is 9.97. The molecule has 0 spiro atoms. The first kappa shape index (κ1) is 9.94. The molecule has 1 aliphatic rings. The van der Waals surface area contributed by atoms with Gasteiger partial charge in [-0.3, -0.25) is 0 Å². The van der Waals surface area contributed by atoms with E-state index in [9.17, 15) is 0 Å². The molecule has 0 aromatic heterocycles. The molecule has 0 atom stereocenters. The van der Waals surface area contributed by atoms with E-state index in [1.165, 1.54) is 0 Å². The number of hydrogen-bond donors (Lipinski definition) is 0. The van der Waals surface area contributed by atoms with Gasteiger partial charge in [0.25, 0.3) is 0 Å². The topological polar surface area (TPSA) is 18.5 Å². The van der Waals surface area contributed by atoms with Gasteiger partial charge in [-0.1, -0.05) is 0 Å². The zero-order valence-corrected chi connectivity index (χ0v) is 9.07. The van der Waals surface area contributed by atoms with E-state index in [1.54, 1.807) is 0 Å². The Kier molecular flexibility index (Phi) is 3.04. The molecule has 1 aromatic rings. The van der Waals surface area contributed by atoms with Crippen molar-refractivity contribution in [3.63, 3.8) is 0 Å². The van der Waals surface area contributed by atoms with Crippen LogP contribution >= 0.6 is 23.2 Å². The summed E-state index contributed by atoms with van der Waals surface area (Å²) in [7, 11) is 0. The van der Waals surface area contributed by atoms with Gasteiger partial charge in [-0.05, 0) is 23.3 Å². The average molecular weight is 233 g/mol. The lowest BCUT2D eigenvalue weighted by Gasteiger charge is -2.20. The van der Waals surface area contributed by atoms with Crippen molar-refractivity contribution < 1.29 is 9.47 Å². The van der Waals surface area contributed by atoms with Crippen molar-refractivity contribution in [1.29, 1.82) is 0 Å². The first-order valence-electron chi connectivity index (χ1n) is 4.38. The molecule has 0 radical (unpaired) electrons. The molecule has 4 heteroatoms. The highest BCUT2D eigenvalue weighted by atomic mass is 35.5. The van der Waals surface area contributed by atoms with Gasteiger partial charge in [-0.2, -0.15) is 0 Å². The van der Waals surface area contributed by atoms with Crippen LogP contribution in [-0.2, 0) is 11.8 Å². The number of rotatable bonds is 2. The fourth-order valence-electron chi connectivity index (χ4n) is 1.42. The van der Waals surface area contributed by atoms with E-state index >= 15 is 0 Å². The van der Waals surface area contributed by atoms with Crippen molar-refractivity contribution >= 4 is 23.2 Å². The zero-order valence-electron chi connectivity index (χ0n) is 7.56. The van der Waals surface area contributed by atoms with Gasteiger partial charge in [0.05, 0.1) is 0 Å². The van der Waals surface area contributed by atoms with Crippen LogP contribution in [0.5, 0.6) is 11.5 Å². The SMILES string of the molecule is ClCc1cc2c(cc1CCl)OCCO2. The second-order valence-electron chi connectivity index (χ2n) is 3.03. The molecular weight excluding hydrogens is 223 g/mol. The van der Waals surface area contributed by atoms with E-state index in [0.29, 0.717) is 25.0 Å². The molecule has 0 saturated carbocycles. The molecule has 14 heavy (non-hydrogen) atoms. The highest BCUT2D eigenvalue weighted by Crippen LogP contribution is 2.34. The third kappa shape index (κ3) is 1.77. The molecule has 0 amide bonds. The van der Waals surface area contributed by atoms with Crippen molar-refractivity contribution in [3.8, 4) is 11.5 Å². The largest absolute Gasteiger partial charge is 0.486 e. The number of benzene rings is 1. The predicted octanol–water partition coefficient (Wildman–Crippen LogP) is 2.94. The van der Waals surface area contributed by atoms with Gasteiger partial charge in [0, 0.05) is 11.8 Å². The van der Waals surface area contributed by atoms with Crippen LogP contribution in [0.1, 0.15) is 11.1 Å². The van der Waals surface area contributed by atoms with E-state index < -0.39 is 0 Å². The van der Waals surface area contributed by atoms with E-state index in [4.69, 9.17) is 32.7 Å². The molecule has 0 N–H and O–H groups in total. The monoisotopic (exact) mass is 232 g/mol. The standard InChI is InChI=1S/C10H10Cl2O2/c11-5-7-3-9-10(4-8(7)6-12)14-2-1-13-9/h3-4H,1-2,5-6H2. The Labute approximate surface area is 92.7 Å². The highest BCUT2D eigenvalue weighted by molar-refractivity contribution is 6.18. The van der Waals surface area contributed by atoms with Crippen molar-refractivity contribution in [2.24, 2.45) is 0 Å². The normalized spacial score (nSPS) is 14.1. The summed E-state index contributed by atoms with van der Waals surface area (Å²) in [6.07, 6.45) is 0. The summed E-state index contributed by atoms with van der Waals surface area (Å²) in [5.41, 5.74) is 2.01. The van der Waals surface area contributed by atoms with Crippen molar-refractivity contribution in [1.82, 2.24) is 0 Å². The van der Waals surface area contributed by atoms with Crippen molar-refractivity contribution in [2.45, 2.75) is 11.8 Å². The van der Waals surface area contributed by atoms with Crippen LogP contribution in [0.25, 0.3) is 0 Å². The molecule has 1 aliphatic heterocycles. The Bertz CT molecular complexity index is 295. The van der Waals surface area contributed by atoms with Gasteiger partial charge < -0.3 is 9.47 Å². The van der Waals surface area contributed by atoms with Crippen LogP contribution in [-0.4, -0.2) is 13.2 Å². The maximum absolute atomic E-state index is 5.80. The van der Waals surface area contributed by atoms with Gasteiger partial charge in [-0.25, -0.2) is 0 Å². The maximum atomic E-state index is 5.80. The van der Waals surface area contributed by atoms with Crippen LogP contribution in [0.2, 0.25) is 0 Å². The molecule has 0 fully saturated rings. The summed E-state index contributed by atoms with van der Waals surface area (Å²) in [4.78, 5) is 0. The van der Waals surface area contributed by atoms with Gasteiger partial charge >= 0.3 is 0 Å². The Morgan fingerprint density at radius 3 is 1.71 bits per heavy atom. The van der Waals surface area contributed by atoms with Gasteiger partial charge in [-0.15, -0.1) is 23.2 Å². The number of ether oxygens (including phenoxy) is 2. The molecule has 0 saturated heterocycles. The van der Waals surface area contributed by atoms with E-state index in [1.807, 2.05) is 12.1 Å². The third-order valence-corrected chi connectivity index (χ3v) is 2.73. The smallest absolute Gasteiger partial charge is 0.161 e. The lowest BCUT2D eigenvalue weighted by molar-refractivity contribution is 0.171. The second-order valence-corrected chi connectivity index (χ2v) is 3.57. The lowest BCUT2D eigenvalue weighted by atomic mass is 10.1. The fraction of sp³-hybridized carbons (Fsp3) is 0.400. The Morgan fingerprint density at radius 2 is 1.36 bits per heavy atom. The number of fused-ring (bicyclic) bond motifs is 1. The van der Waals surface area contributed by atoms with Crippen LogP contribution < -0.4 is 9.47 Å². The molecule has 2 nitrogen and oxygen atoms in total. The van der Waals surface area contributed by atoms with Crippen molar-refractivity contribution in [2.75, 3.05) is 13.2 Å². The maximum Gasteiger partial charge on any atom is 0.161 e. The predicted molar refractivity (Wildman–Crippen MR) is 56.5 cm³/mol. The number of hydrogen-bond acceptors (Lipinski definition) is 2. The number of alkyl halides is 2. The van der Waals surface area contributed by atoms with E-state index in [2.05, 4.69) is 0 Å². The summed E-state index contributed by atoms with van der Waals surface area (Å²) in [6.45, 7) is 1.18. The number of halogens is 2. The molecule has 2 rings (SSSR count). The van der Waals surface area contributed by atoms with Gasteiger partial charge in [0.15, 0.2) is 11.5 Å².